The Balaban J connectivity index is 1.86. The normalized spacial score (nSPS) is 24.7. The van der Waals surface area contributed by atoms with Crippen molar-refractivity contribution in [1.82, 2.24) is 19.5 Å². The van der Waals surface area contributed by atoms with E-state index in [4.69, 9.17) is 34.1 Å². The molecule has 9 N–H and O–H groups in total. The molecule has 39 heavy (non-hydrogen) atoms. The monoisotopic (exact) mass is 668 g/mol. The molecule has 1 fully saturated rings. The predicted octanol–water partition coefficient (Wildman–Crippen LogP) is -1.27. The van der Waals surface area contributed by atoms with Crippen LogP contribution in [0.2, 0.25) is 0 Å². The molecule has 2 aromatic rings. The minimum Gasteiger partial charge on any atom is -0.492 e. The highest BCUT2D eigenvalue weighted by atomic mass is 31.3. The van der Waals surface area contributed by atoms with Crippen LogP contribution in [0.4, 0.5) is 0 Å². The number of ether oxygens (including phenoxy) is 1. The molecular formula is C10H17N4O20P5. The average Bonchev–Trinajstić information content (AvgIpc) is 3.24. The van der Waals surface area contributed by atoms with Gasteiger partial charge in [0.2, 0.25) is 5.88 Å². The van der Waals surface area contributed by atoms with E-state index in [1.165, 1.54) is 0 Å². The van der Waals surface area contributed by atoms with Crippen LogP contribution in [0, 0.1) is 0 Å². The Labute approximate surface area is 214 Å². The number of fused-ring (bicyclic) bond motifs is 1. The topological polar surface area (TPSA) is 366 Å². The number of hydrogen-bond donors (Lipinski definition) is 9. The number of aromatic hydroxyl groups is 1. The van der Waals surface area contributed by atoms with Crippen LogP contribution in [-0.4, -0.2) is 89.1 Å². The first-order chi connectivity index (χ1) is 17.6. The summed E-state index contributed by atoms with van der Waals surface area (Å²) in [6.07, 6.45) is -5.26. The van der Waals surface area contributed by atoms with Crippen molar-refractivity contribution in [2.45, 2.75) is 24.5 Å². The fourth-order valence-electron chi connectivity index (χ4n) is 2.91. The second kappa shape index (κ2) is 11.3. The summed E-state index contributed by atoms with van der Waals surface area (Å²) < 4.78 is 84.1. The predicted molar refractivity (Wildman–Crippen MR) is 115 cm³/mol. The van der Waals surface area contributed by atoms with Crippen molar-refractivity contribution in [3.63, 3.8) is 0 Å². The zero-order valence-electron chi connectivity index (χ0n) is 18.2. The SMILES string of the molecule is O=P(O)(O)OP(=O)(OC[C@H]1O[C@@H](n2cnc3c(O)ncnc32)[C@H](O)[C@@H]1O)OP(=O)(OP(=O)(O)O)OP(=O)(O)O. The summed E-state index contributed by atoms with van der Waals surface area (Å²) in [5.74, 6) is -0.557. The number of hydrogen-bond acceptors (Lipinski definition) is 17. The number of aromatic nitrogens is 4. The van der Waals surface area contributed by atoms with E-state index in [2.05, 4.69) is 36.7 Å². The van der Waals surface area contributed by atoms with Gasteiger partial charge in [-0.25, -0.2) is 32.8 Å². The van der Waals surface area contributed by atoms with Crippen LogP contribution in [0.25, 0.3) is 11.2 Å². The summed E-state index contributed by atoms with van der Waals surface area (Å²) >= 11 is 0. The third kappa shape index (κ3) is 8.71. The lowest BCUT2D eigenvalue weighted by molar-refractivity contribution is -0.0502. The molecule has 1 saturated heterocycles. The molecule has 0 aromatic carbocycles. The van der Waals surface area contributed by atoms with Crippen LogP contribution in [0.3, 0.4) is 0 Å². The fraction of sp³-hybridized carbons (Fsp3) is 0.500. The highest BCUT2D eigenvalue weighted by Gasteiger charge is 2.52. The lowest BCUT2D eigenvalue weighted by atomic mass is 10.1. The van der Waals surface area contributed by atoms with Crippen molar-refractivity contribution in [3.05, 3.63) is 12.7 Å². The van der Waals surface area contributed by atoms with Crippen LogP contribution in [0.15, 0.2) is 12.7 Å². The molecule has 29 heteroatoms. The molecule has 1 aliphatic rings. The van der Waals surface area contributed by atoms with Gasteiger partial charge in [-0.15, -0.1) is 0 Å². The van der Waals surface area contributed by atoms with E-state index >= 15 is 0 Å². The van der Waals surface area contributed by atoms with Crippen molar-refractivity contribution in [2.75, 3.05) is 6.61 Å². The third-order valence-corrected chi connectivity index (χ3v) is 11.2. The van der Waals surface area contributed by atoms with Crippen molar-refractivity contribution >= 4 is 50.3 Å². The molecule has 1 unspecified atom stereocenters. The van der Waals surface area contributed by atoms with Crippen LogP contribution in [-0.2, 0) is 49.3 Å². The van der Waals surface area contributed by atoms with E-state index < -0.39 is 76.1 Å². The zero-order chi connectivity index (χ0) is 29.6. The summed E-state index contributed by atoms with van der Waals surface area (Å²) in [7, 11) is -30.7. The molecule has 3 rings (SSSR count). The maximum atomic E-state index is 12.8. The number of rotatable bonds is 12. The van der Waals surface area contributed by atoms with Gasteiger partial charge < -0.3 is 49.4 Å². The Kier molecular flexibility index (Phi) is 9.42. The minimum atomic E-state index is -6.43. The quantitative estimate of drug-likeness (QED) is 0.119. The lowest BCUT2D eigenvalue weighted by Crippen LogP contribution is -2.33. The highest BCUT2D eigenvalue weighted by Crippen LogP contribution is 2.77. The van der Waals surface area contributed by atoms with Gasteiger partial charge >= 0.3 is 39.1 Å². The van der Waals surface area contributed by atoms with Gasteiger partial charge in [0.25, 0.3) is 0 Å². The Morgan fingerprint density at radius 3 is 1.87 bits per heavy atom. The first-order valence-electron chi connectivity index (χ1n) is 9.35. The van der Waals surface area contributed by atoms with Crippen LogP contribution >= 0.6 is 39.1 Å². The standard InChI is InChI=1S/C10H17N4O20P5/c15-6-4(30-10(7(6)16)14-3-13-5-8(14)11-2-12-9(5)17)1-29-38(27,31-35(18,19)20)34-39(28,32-36(21,22)23)33-37(24,25)26/h2-4,6-7,10,15-16H,1H2,(H,11,12,17)(H2,18,19,20)(H2,21,22,23)(H2,24,25,26)/t4-,6-,7-,10-,38?/m1/s1. The Morgan fingerprint density at radius 1 is 0.795 bits per heavy atom. The van der Waals surface area contributed by atoms with E-state index in [1.54, 1.807) is 0 Å². The van der Waals surface area contributed by atoms with Gasteiger partial charge in [0.1, 0.15) is 24.6 Å². The Bertz CT molecular complexity index is 1420. The molecular weight excluding hydrogens is 651 g/mol. The number of aliphatic hydroxyl groups excluding tert-OH is 2. The third-order valence-electron chi connectivity index (χ3n) is 4.17. The fourth-order valence-corrected chi connectivity index (χ4v) is 9.27. The number of imidazole rings is 1. The minimum absolute atomic E-state index is 0.107. The van der Waals surface area contributed by atoms with E-state index in [-0.39, 0.29) is 11.2 Å². The summed E-state index contributed by atoms with van der Waals surface area (Å²) in [6.45, 7) is -1.34. The van der Waals surface area contributed by atoms with Crippen molar-refractivity contribution in [2.24, 2.45) is 0 Å². The number of nitrogens with zero attached hydrogens (tertiary/aromatic N) is 4. The molecule has 3 heterocycles. The van der Waals surface area contributed by atoms with Crippen molar-refractivity contribution < 1.29 is 94.0 Å². The molecule has 0 aliphatic carbocycles. The van der Waals surface area contributed by atoms with E-state index in [9.17, 15) is 38.1 Å². The smallest absolute Gasteiger partial charge is 0.492 e. The summed E-state index contributed by atoms with van der Waals surface area (Å²) in [6, 6.07) is 0. The largest absolute Gasteiger partial charge is 0.501 e. The Hall–Kier alpha value is -1.06. The molecule has 0 saturated carbocycles. The van der Waals surface area contributed by atoms with Crippen LogP contribution in [0.1, 0.15) is 6.23 Å². The second-order valence-electron chi connectivity index (χ2n) is 7.06. The number of aliphatic hydroxyl groups is 2. The highest BCUT2D eigenvalue weighted by molar-refractivity contribution is 7.73. The van der Waals surface area contributed by atoms with Crippen molar-refractivity contribution in [3.8, 4) is 5.88 Å². The lowest BCUT2D eigenvalue weighted by Gasteiger charge is -2.24. The van der Waals surface area contributed by atoms with Gasteiger partial charge in [0, 0.05) is 0 Å². The maximum Gasteiger partial charge on any atom is 0.501 e. The number of phosphoric acid groups is 5. The van der Waals surface area contributed by atoms with E-state index in [0.29, 0.717) is 0 Å². The summed E-state index contributed by atoms with van der Waals surface area (Å²) in [5, 5.41) is 30.4. The average molecular weight is 668 g/mol. The molecule has 0 amide bonds. The van der Waals surface area contributed by atoms with Gasteiger partial charge in [-0.1, -0.05) is 0 Å². The molecule has 222 valence electrons. The van der Waals surface area contributed by atoms with Gasteiger partial charge in [-0.3, -0.25) is 9.09 Å². The molecule has 2 aromatic heterocycles. The first-order valence-corrected chi connectivity index (χ1v) is 16.9. The first kappa shape index (κ1) is 32.5. The van der Waals surface area contributed by atoms with Crippen molar-refractivity contribution in [1.29, 1.82) is 0 Å². The second-order valence-corrected chi connectivity index (χ2v) is 14.7. The summed E-state index contributed by atoms with van der Waals surface area (Å²) in [5.41, 5.74) is -0.259. The molecule has 0 radical (unpaired) electrons. The van der Waals surface area contributed by atoms with Gasteiger partial charge in [-0.2, -0.15) is 22.2 Å². The van der Waals surface area contributed by atoms with Gasteiger partial charge in [-0.05, 0) is 0 Å². The van der Waals surface area contributed by atoms with Crippen LogP contribution in [0.5, 0.6) is 5.88 Å². The summed E-state index contributed by atoms with van der Waals surface area (Å²) in [4.78, 5) is 64.4. The van der Waals surface area contributed by atoms with E-state index in [0.717, 1.165) is 17.2 Å². The maximum absolute atomic E-state index is 12.8. The van der Waals surface area contributed by atoms with Gasteiger partial charge in [0.05, 0.1) is 12.9 Å². The van der Waals surface area contributed by atoms with Crippen LogP contribution < -0.4 is 0 Å². The molecule has 5 atom stereocenters. The molecule has 0 spiro atoms. The zero-order valence-corrected chi connectivity index (χ0v) is 22.7. The molecule has 0 bridgehead atoms. The van der Waals surface area contributed by atoms with E-state index in [1.807, 2.05) is 0 Å². The van der Waals surface area contributed by atoms with Gasteiger partial charge in [0.15, 0.2) is 17.4 Å². The molecule has 24 nitrogen and oxygen atoms in total. The Morgan fingerprint density at radius 2 is 1.33 bits per heavy atom. The molecule has 1 aliphatic heterocycles.